The van der Waals surface area contributed by atoms with Crippen molar-refractivity contribution < 1.29 is 8.42 Å². The van der Waals surface area contributed by atoms with Gasteiger partial charge in [-0.25, -0.2) is 0 Å². The molecule has 0 aromatic heterocycles. The molecule has 0 N–H and O–H groups in total. The molecule has 0 aliphatic heterocycles. The molecule has 28 heavy (non-hydrogen) atoms. The third kappa shape index (κ3) is 3.82. The Kier molecular flexibility index (Phi) is 5.46. The van der Waals surface area contributed by atoms with Crippen molar-refractivity contribution >= 4 is 29.3 Å². The van der Waals surface area contributed by atoms with Crippen molar-refractivity contribution in [3.05, 3.63) is 88.5 Å². The van der Waals surface area contributed by atoms with Gasteiger partial charge < -0.3 is 0 Å². The molecule has 4 bridgehead atoms. The van der Waals surface area contributed by atoms with E-state index >= 15 is 0 Å². The second-order valence-corrected chi connectivity index (χ2v) is 11.1. The van der Waals surface area contributed by atoms with Crippen LogP contribution in [0.25, 0.3) is 0 Å². The van der Waals surface area contributed by atoms with Gasteiger partial charge >= 0.3 is 174 Å². The molecule has 0 heterocycles. The predicted molar refractivity (Wildman–Crippen MR) is 116 cm³/mol. The Labute approximate surface area is 174 Å². The molecule has 0 fully saturated rings. The van der Waals surface area contributed by atoms with E-state index in [1.54, 1.807) is 12.1 Å². The molecule has 144 valence electrons. The fourth-order valence-corrected chi connectivity index (χ4v) is 6.81. The van der Waals surface area contributed by atoms with Gasteiger partial charge in [0.1, 0.15) is 0 Å². The van der Waals surface area contributed by atoms with E-state index in [-0.39, 0.29) is 0 Å². The average Bonchev–Trinajstić information content (AvgIpc) is 2.69. The first-order valence-corrected chi connectivity index (χ1v) is 13.6. The summed E-state index contributed by atoms with van der Waals surface area (Å²) < 4.78 is 28.3. The number of hydrogen-bond acceptors (Lipinski definition) is 2. The summed E-state index contributed by atoms with van der Waals surface area (Å²) in [6, 6.07) is 20.1. The Morgan fingerprint density at radius 3 is 2.04 bits per heavy atom. The average molecular weight is 455 g/mol. The van der Waals surface area contributed by atoms with Gasteiger partial charge in [-0.15, -0.1) is 0 Å². The van der Waals surface area contributed by atoms with Crippen LogP contribution in [0.15, 0.2) is 70.5 Å². The molecule has 3 aromatic carbocycles. The maximum absolute atomic E-state index is 13.4. The van der Waals surface area contributed by atoms with Gasteiger partial charge in [-0.2, -0.15) is 0 Å². The molecule has 0 amide bonds. The van der Waals surface area contributed by atoms with Crippen molar-refractivity contribution in [1.29, 1.82) is 0 Å². The van der Waals surface area contributed by atoms with E-state index < -0.39 is 9.84 Å². The Morgan fingerprint density at radius 1 is 0.750 bits per heavy atom. The van der Waals surface area contributed by atoms with E-state index in [1.165, 1.54) is 15.6 Å². The summed E-state index contributed by atoms with van der Waals surface area (Å²) in [6.07, 6.45) is 3.41. The third-order valence-electron chi connectivity index (χ3n) is 5.47. The number of rotatable bonds is 3. The first kappa shape index (κ1) is 19.4. The van der Waals surface area contributed by atoms with Gasteiger partial charge in [0.05, 0.1) is 0 Å². The molecule has 4 heteroatoms. The van der Waals surface area contributed by atoms with Crippen LogP contribution < -0.4 is 4.46 Å². The zero-order valence-corrected chi connectivity index (χ0v) is 18.8. The molecular weight excluding hydrogens is 431 g/mol. The molecule has 4 aliphatic carbocycles. The van der Waals surface area contributed by atoms with Crippen LogP contribution in [0.5, 0.6) is 0 Å². The standard InChI is InChI=1S/C24H24O2SSe/c1-17-3-13-22(14-4-17)27(25,26)23-15-18-5-6-19-8-10-21(24(16-19)28-2)12-11-20(23)9-7-18/h3-4,7-10,13-16H,5-6,11-12H2,1-2H3. The van der Waals surface area contributed by atoms with E-state index in [2.05, 4.69) is 30.1 Å². The van der Waals surface area contributed by atoms with E-state index in [1.807, 2.05) is 31.2 Å². The topological polar surface area (TPSA) is 34.1 Å². The quantitative estimate of drug-likeness (QED) is 0.558. The van der Waals surface area contributed by atoms with Gasteiger partial charge in [0.2, 0.25) is 0 Å². The summed E-state index contributed by atoms with van der Waals surface area (Å²) in [4.78, 5) is 0.858. The zero-order chi connectivity index (χ0) is 19.7. The monoisotopic (exact) mass is 456 g/mol. The number of sulfone groups is 1. The van der Waals surface area contributed by atoms with Crippen LogP contribution in [-0.2, 0) is 35.5 Å². The second kappa shape index (κ2) is 7.87. The Balaban J connectivity index is 1.80. The normalized spacial score (nSPS) is 13.9. The van der Waals surface area contributed by atoms with Gasteiger partial charge in [0.15, 0.2) is 0 Å². The second-order valence-electron chi connectivity index (χ2n) is 7.40. The summed E-state index contributed by atoms with van der Waals surface area (Å²) in [5, 5.41) is 0. The SMILES string of the molecule is C[Se]c1cc2ccc1CCc1ccc(cc1S(=O)(=O)c1ccc(C)cc1)CC2. The van der Waals surface area contributed by atoms with Crippen LogP contribution >= 0.6 is 0 Å². The van der Waals surface area contributed by atoms with Crippen LogP contribution in [0.4, 0.5) is 0 Å². The fourth-order valence-electron chi connectivity index (χ4n) is 3.76. The van der Waals surface area contributed by atoms with Crippen molar-refractivity contribution in [2.75, 3.05) is 0 Å². The van der Waals surface area contributed by atoms with Crippen molar-refractivity contribution in [2.45, 2.75) is 48.2 Å². The van der Waals surface area contributed by atoms with Crippen LogP contribution in [0.1, 0.15) is 27.8 Å². The third-order valence-corrected chi connectivity index (χ3v) is 9.04. The summed E-state index contributed by atoms with van der Waals surface area (Å²) in [5.41, 5.74) is 5.77. The van der Waals surface area contributed by atoms with E-state index in [0.29, 0.717) is 24.7 Å². The molecule has 0 saturated carbocycles. The summed E-state index contributed by atoms with van der Waals surface area (Å²) >= 11 is 0.439. The van der Waals surface area contributed by atoms with Gasteiger partial charge in [-0.05, 0) is 0 Å². The minimum atomic E-state index is -3.52. The Morgan fingerprint density at radius 2 is 1.36 bits per heavy atom. The Hall–Kier alpha value is -1.87. The number of benzene rings is 3. The van der Waals surface area contributed by atoms with Gasteiger partial charge in [-0.3, -0.25) is 0 Å². The van der Waals surface area contributed by atoms with Crippen LogP contribution in [0.2, 0.25) is 5.82 Å². The van der Waals surface area contributed by atoms with Gasteiger partial charge in [0.25, 0.3) is 0 Å². The van der Waals surface area contributed by atoms with Crippen molar-refractivity contribution in [2.24, 2.45) is 0 Å². The van der Waals surface area contributed by atoms with Crippen molar-refractivity contribution in [1.82, 2.24) is 0 Å². The van der Waals surface area contributed by atoms with Gasteiger partial charge in [0, 0.05) is 0 Å². The van der Waals surface area contributed by atoms with E-state index in [9.17, 15) is 8.42 Å². The molecule has 0 unspecified atom stereocenters. The molecular formula is C24H24O2SSe. The minimum absolute atomic E-state index is 0.379. The van der Waals surface area contributed by atoms with Crippen LogP contribution in [0.3, 0.4) is 0 Å². The van der Waals surface area contributed by atoms with E-state index in [4.69, 9.17) is 0 Å². The summed E-state index contributed by atoms with van der Waals surface area (Å²) in [7, 11) is -3.52. The van der Waals surface area contributed by atoms with Crippen LogP contribution in [-0.4, -0.2) is 23.4 Å². The molecule has 7 rings (SSSR count). The number of aryl methyl sites for hydroxylation is 5. The summed E-state index contributed by atoms with van der Waals surface area (Å²) in [6.45, 7) is 1.97. The predicted octanol–water partition coefficient (Wildman–Crippen LogP) is 4.09. The van der Waals surface area contributed by atoms with E-state index in [0.717, 1.165) is 42.4 Å². The molecule has 0 saturated heterocycles. The first-order valence-electron chi connectivity index (χ1n) is 9.57. The molecule has 2 nitrogen and oxygen atoms in total. The van der Waals surface area contributed by atoms with Crippen molar-refractivity contribution in [3.8, 4) is 0 Å². The maximum atomic E-state index is 13.4. The fraction of sp³-hybridized carbons (Fsp3) is 0.250. The molecule has 0 radical (unpaired) electrons. The molecule has 4 aliphatic rings. The Bertz CT molecular complexity index is 1120. The summed E-state index contributed by atoms with van der Waals surface area (Å²) in [5.74, 6) is 2.25. The molecule has 3 aromatic rings. The van der Waals surface area contributed by atoms with Crippen LogP contribution in [0, 0.1) is 6.92 Å². The first-order chi connectivity index (χ1) is 13.5. The molecule has 0 atom stereocenters. The zero-order valence-electron chi connectivity index (χ0n) is 16.2. The molecule has 0 spiro atoms. The van der Waals surface area contributed by atoms with Gasteiger partial charge in [-0.1, -0.05) is 0 Å². The number of hydrogen-bond donors (Lipinski definition) is 0. The van der Waals surface area contributed by atoms with Crippen molar-refractivity contribution in [3.63, 3.8) is 0 Å².